The van der Waals surface area contributed by atoms with Crippen LogP contribution in [0.2, 0.25) is 0 Å². The van der Waals surface area contributed by atoms with Crippen LogP contribution in [0.15, 0.2) is 17.3 Å². The van der Waals surface area contributed by atoms with Gasteiger partial charge in [-0.3, -0.25) is 0 Å². The van der Waals surface area contributed by atoms with E-state index < -0.39 is 12.0 Å². The molecular formula is C10H13NO3S. The maximum Gasteiger partial charge on any atom is 0.345 e. The van der Waals surface area contributed by atoms with Crippen molar-refractivity contribution in [3.8, 4) is 0 Å². The molecule has 82 valence electrons. The molecule has 0 spiro atoms. The summed E-state index contributed by atoms with van der Waals surface area (Å²) < 4.78 is 0. The molecule has 4 nitrogen and oxygen atoms in total. The minimum atomic E-state index is -0.958. The fourth-order valence-corrected chi connectivity index (χ4v) is 2.19. The van der Waals surface area contributed by atoms with Crippen molar-refractivity contribution in [2.45, 2.75) is 26.3 Å². The Labute approximate surface area is 91.9 Å². The summed E-state index contributed by atoms with van der Waals surface area (Å²) in [5, 5.41) is 11.8. The van der Waals surface area contributed by atoms with Crippen LogP contribution >= 0.6 is 11.3 Å². The van der Waals surface area contributed by atoms with Crippen LogP contribution in [0.4, 0.5) is 0 Å². The molecule has 0 aromatic carbocycles. The van der Waals surface area contributed by atoms with Gasteiger partial charge in [-0.15, -0.1) is 11.3 Å². The van der Waals surface area contributed by atoms with Crippen molar-refractivity contribution in [1.29, 1.82) is 0 Å². The zero-order valence-corrected chi connectivity index (χ0v) is 9.45. The van der Waals surface area contributed by atoms with Gasteiger partial charge in [0, 0.05) is 4.88 Å². The molecule has 1 atom stereocenters. The van der Waals surface area contributed by atoms with Crippen LogP contribution in [-0.2, 0) is 0 Å². The van der Waals surface area contributed by atoms with E-state index >= 15 is 0 Å². The monoisotopic (exact) mass is 227 g/mol. The van der Waals surface area contributed by atoms with E-state index in [4.69, 9.17) is 5.11 Å². The molecular weight excluding hydrogens is 214 g/mol. The normalized spacial score (nSPS) is 12.7. The second-order valence-corrected chi connectivity index (χ2v) is 4.87. The van der Waals surface area contributed by atoms with Crippen molar-refractivity contribution in [2.75, 3.05) is 0 Å². The molecule has 0 saturated carbocycles. The summed E-state index contributed by atoms with van der Waals surface area (Å²) in [6.07, 6.45) is 0.656. The maximum atomic E-state index is 10.6. The third kappa shape index (κ3) is 3.13. The molecule has 1 aromatic heterocycles. The second-order valence-electron chi connectivity index (χ2n) is 3.76. The Morgan fingerprint density at radius 1 is 1.53 bits per heavy atom. The van der Waals surface area contributed by atoms with Crippen molar-refractivity contribution in [2.24, 2.45) is 11.1 Å². The van der Waals surface area contributed by atoms with Crippen LogP contribution < -0.4 is 0 Å². The fourth-order valence-electron chi connectivity index (χ4n) is 1.30. The number of carbonyl (C=O) groups is 1. The van der Waals surface area contributed by atoms with Crippen molar-refractivity contribution < 1.29 is 9.90 Å². The Balaban J connectivity index is 2.83. The number of aromatic carboxylic acids is 1. The van der Waals surface area contributed by atoms with Crippen LogP contribution in [-0.4, -0.2) is 11.1 Å². The van der Waals surface area contributed by atoms with Gasteiger partial charge in [0.1, 0.15) is 10.9 Å². The van der Waals surface area contributed by atoms with Crippen LogP contribution in [0.1, 0.15) is 40.9 Å². The summed E-state index contributed by atoms with van der Waals surface area (Å²) in [5.41, 5.74) is 0. The summed E-state index contributed by atoms with van der Waals surface area (Å²) in [7, 11) is 0. The molecule has 0 bridgehead atoms. The summed E-state index contributed by atoms with van der Waals surface area (Å²) >= 11 is 1.12. The third-order valence-corrected chi connectivity index (χ3v) is 3.16. The number of rotatable bonds is 5. The molecule has 0 aliphatic rings. The highest BCUT2D eigenvalue weighted by atomic mass is 32.1. The van der Waals surface area contributed by atoms with Gasteiger partial charge in [0.05, 0.1) is 0 Å². The largest absolute Gasteiger partial charge is 0.477 e. The molecule has 1 aromatic rings. The second kappa shape index (κ2) is 5.02. The Morgan fingerprint density at radius 3 is 2.60 bits per heavy atom. The number of thiophene rings is 1. The highest BCUT2D eigenvalue weighted by Gasteiger charge is 2.17. The molecule has 5 heteroatoms. The first-order chi connectivity index (χ1) is 7.04. The molecule has 1 heterocycles. The average Bonchev–Trinajstić information content (AvgIpc) is 2.62. The van der Waals surface area contributed by atoms with Crippen molar-refractivity contribution in [1.82, 2.24) is 0 Å². The fraction of sp³-hybridized carbons (Fsp3) is 0.500. The van der Waals surface area contributed by atoms with E-state index in [1.807, 2.05) is 13.8 Å². The summed E-state index contributed by atoms with van der Waals surface area (Å²) in [4.78, 5) is 22.3. The van der Waals surface area contributed by atoms with Gasteiger partial charge in [-0.2, -0.15) is 4.91 Å². The van der Waals surface area contributed by atoms with Gasteiger partial charge in [-0.1, -0.05) is 19.0 Å². The Kier molecular flexibility index (Phi) is 3.96. The molecule has 1 unspecified atom stereocenters. The topological polar surface area (TPSA) is 66.7 Å². The minimum Gasteiger partial charge on any atom is -0.477 e. The first kappa shape index (κ1) is 11.8. The van der Waals surface area contributed by atoms with E-state index in [0.717, 1.165) is 16.2 Å². The molecule has 0 amide bonds. The van der Waals surface area contributed by atoms with Crippen LogP contribution in [0.3, 0.4) is 0 Å². The maximum absolute atomic E-state index is 10.6. The number of hydrogen-bond donors (Lipinski definition) is 1. The van der Waals surface area contributed by atoms with Crippen molar-refractivity contribution in [3.63, 3.8) is 0 Å². The van der Waals surface area contributed by atoms with Crippen LogP contribution in [0.25, 0.3) is 0 Å². The molecule has 15 heavy (non-hydrogen) atoms. The van der Waals surface area contributed by atoms with E-state index in [2.05, 4.69) is 5.18 Å². The molecule has 1 rings (SSSR count). The highest BCUT2D eigenvalue weighted by molar-refractivity contribution is 7.14. The Hall–Kier alpha value is -1.23. The SMILES string of the molecule is CC(C)CC(N=O)c1ccc(C(=O)O)s1. The standard InChI is InChI=1S/C10H13NO3S/c1-6(2)5-7(11-14)8-3-4-9(15-8)10(12)13/h3-4,6-7H,5H2,1-2H3,(H,12,13). The predicted octanol–water partition coefficient (Wildman–Crippen LogP) is 3.30. The lowest BCUT2D eigenvalue weighted by atomic mass is 10.0. The third-order valence-electron chi connectivity index (χ3n) is 1.99. The number of hydrogen-bond acceptors (Lipinski definition) is 4. The van der Waals surface area contributed by atoms with E-state index in [-0.39, 0.29) is 4.88 Å². The molecule has 0 aliphatic heterocycles. The summed E-state index contributed by atoms with van der Waals surface area (Å²) in [6, 6.07) is 2.77. The first-order valence-electron chi connectivity index (χ1n) is 4.70. The molecule has 0 saturated heterocycles. The van der Waals surface area contributed by atoms with Gasteiger partial charge >= 0.3 is 5.97 Å². The van der Waals surface area contributed by atoms with Gasteiger partial charge in [-0.25, -0.2) is 4.79 Å². The number of carboxylic acids is 1. The molecule has 1 N–H and O–H groups in total. The quantitative estimate of drug-likeness (QED) is 0.785. The molecule has 0 aliphatic carbocycles. The van der Waals surface area contributed by atoms with Gasteiger partial charge in [0.2, 0.25) is 0 Å². The number of carboxylic acid groups (broad SMARTS) is 1. The minimum absolute atomic E-state index is 0.252. The smallest absolute Gasteiger partial charge is 0.345 e. The lowest BCUT2D eigenvalue weighted by Crippen LogP contribution is -1.97. The first-order valence-corrected chi connectivity index (χ1v) is 5.51. The van der Waals surface area contributed by atoms with Crippen LogP contribution in [0, 0.1) is 10.8 Å². The van der Waals surface area contributed by atoms with Crippen molar-refractivity contribution >= 4 is 17.3 Å². The zero-order chi connectivity index (χ0) is 11.4. The van der Waals surface area contributed by atoms with Gasteiger partial charge in [-0.05, 0) is 24.5 Å². The highest BCUT2D eigenvalue weighted by Crippen LogP contribution is 2.30. The Morgan fingerprint density at radius 2 is 2.20 bits per heavy atom. The lowest BCUT2D eigenvalue weighted by Gasteiger charge is -2.08. The number of nitrogens with zero attached hydrogens (tertiary/aromatic N) is 1. The summed E-state index contributed by atoms with van der Waals surface area (Å²) in [6.45, 7) is 4.01. The van der Waals surface area contributed by atoms with E-state index in [1.165, 1.54) is 6.07 Å². The number of nitroso groups, excluding NO2 is 1. The average molecular weight is 227 g/mol. The lowest BCUT2D eigenvalue weighted by molar-refractivity contribution is 0.0702. The van der Waals surface area contributed by atoms with Gasteiger partial charge < -0.3 is 5.11 Å². The van der Waals surface area contributed by atoms with E-state index in [9.17, 15) is 9.70 Å². The van der Waals surface area contributed by atoms with Gasteiger partial charge in [0.25, 0.3) is 0 Å². The molecule has 0 radical (unpaired) electrons. The van der Waals surface area contributed by atoms with Crippen molar-refractivity contribution in [3.05, 3.63) is 26.8 Å². The summed E-state index contributed by atoms with van der Waals surface area (Å²) in [5.74, 6) is -0.594. The van der Waals surface area contributed by atoms with E-state index in [0.29, 0.717) is 12.3 Å². The van der Waals surface area contributed by atoms with E-state index in [1.54, 1.807) is 6.07 Å². The van der Waals surface area contributed by atoms with Gasteiger partial charge in [0.15, 0.2) is 0 Å². The molecule has 0 fully saturated rings. The predicted molar refractivity (Wildman–Crippen MR) is 59.3 cm³/mol. The van der Waals surface area contributed by atoms with Crippen LogP contribution in [0.5, 0.6) is 0 Å². The zero-order valence-electron chi connectivity index (χ0n) is 8.64. The Bertz CT molecular complexity index is 359.